The van der Waals surface area contributed by atoms with Crippen LogP contribution in [0.15, 0.2) is 24.3 Å². The maximum absolute atomic E-state index is 12.4. The van der Waals surface area contributed by atoms with Crippen molar-refractivity contribution >= 4 is 11.7 Å². The lowest BCUT2D eigenvalue weighted by Crippen LogP contribution is -2.52. The fourth-order valence-corrected chi connectivity index (χ4v) is 3.14. The summed E-state index contributed by atoms with van der Waals surface area (Å²) in [6.45, 7) is 5.14. The summed E-state index contributed by atoms with van der Waals surface area (Å²) < 4.78 is 5.42. The van der Waals surface area contributed by atoms with Crippen molar-refractivity contribution in [2.75, 3.05) is 51.3 Å². The summed E-state index contributed by atoms with van der Waals surface area (Å²) in [5.74, 6) is 0.900. The number of carbonyl (C=O) groups is 1. The quantitative estimate of drug-likeness (QED) is 0.836. The van der Waals surface area contributed by atoms with Crippen LogP contribution in [0.5, 0.6) is 5.75 Å². The largest absolute Gasteiger partial charge is 0.495 e. The number of piperazine rings is 1. The highest BCUT2D eigenvalue weighted by molar-refractivity contribution is 5.75. The Bertz CT molecular complexity index is 492. The fraction of sp³-hybridized carbons (Fsp3) is 0.562. The summed E-state index contributed by atoms with van der Waals surface area (Å²) >= 11 is 0. The van der Waals surface area contributed by atoms with Gasteiger partial charge in [-0.3, -0.25) is 0 Å². The van der Waals surface area contributed by atoms with Crippen LogP contribution in [0, 0.1) is 0 Å². The molecule has 2 aliphatic heterocycles. The van der Waals surface area contributed by atoms with Crippen LogP contribution < -0.4 is 9.64 Å². The van der Waals surface area contributed by atoms with Crippen molar-refractivity contribution in [3.8, 4) is 5.75 Å². The third-order valence-electron chi connectivity index (χ3n) is 4.35. The van der Waals surface area contributed by atoms with E-state index < -0.39 is 0 Å². The topological polar surface area (TPSA) is 36.0 Å². The van der Waals surface area contributed by atoms with Crippen molar-refractivity contribution in [2.24, 2.45) is 0 Å². The van der Waals surface area contributed by atoms with E-state index >= 15 is 0 Å². The third kappa shape index (κ3) is 2.91. The van der Waals surface area contributed by atoms with Gasteiger partial charge in [0.25, 0.3) is 0 Å². The van der Waals surface area contributed by atoms with Crippen LogP contribution >= 0.6 is 0 Å². The highest BCUT2D eigenvalue weighted by Crippen LogP contribution is 2.28. The average Bonchev–Trinajstić information content (AvgIpc) is 3.09. The van der Waals surface area contributed by atoms with Crippen LogP contribution in [0.3, 0.4) is 0 Å². The van der Waals surface area contributed by atoms with E-state index in [4.69, 9.17) is 4.74 Å². The van der Waals surface area contributed by atoms with Crippen LogP contribution in [0.4, 0.5) is 10.5 Å². The predicted octanol–water partition coefficient (Wildman–Crippen LogP) is 2.03. The molecule has 1 aromatic rings. The minimum atomic E-state index is 0.215. The van der Waals surface area contributed by atoms with Crippen LogP contribution in [0.1, 0.15) is 12.8 Å². The van der Waals surface area contributed by atoms with E-state index in [1.165, 1.54) is 0 Å². The molecule has 114 valence electrons. The van der Waals surface area contributed by atoms with Crippen molar-refractivity contribution in [1.29, 1.82) is 0 Å². The summed E-state index contributed by atoms with van der Waals surface area (Å²) in [7, 11) is 1.70. The highest BCUT2D eigenvalue weighted by Gasteiger charge is 2.27. The lowest BCUT2D eigenvalue weighted by Gasteiger charge is -2.38. The smallest absolute Gasteiger partial charge is 0.320 e. The van der Waals surface area contributed by atoms with Crippen molar-refractivity contribution in [3.63, 3.8) is 0 Å². The van der Waals surface area contributed by atoms with Gasteiger partial charge >= 0.3 is 6.03 Å². The number of rotatable bonds is 2. The van der Waals surface area contributed by atoms with Crippen LogP contribution in [0.2, 0.25) is 0 Å². The van der Waals surface area contributed by atoms with Crippen LogP contribution in [-0.2, 0) is 0 Å². The summed E-state index contributed by atoms with van der Waals surface area (Å²) in [5, 5.41) is 0. The van der Waals surface area contributed by atoms with E-state index in [-0.39, 0.29) is 6.03 Å². The molecule has 5 heteroatoms. The molecule has 0 aliphatic carbocycles. The second kappa shape index (κ2) is 6.24. The van der Waals surface area contributed by atoms with E-state index in [2.05, 4.69) is 11.0 Å². The average molecular weight is 289 g/mol. The Balaban J connectivity index is 1.61. The van der Waals surface area contributed by atoms with Crippen LogP contribution in [0.25, 0.3) is 0 Å². The third-order valence-corrected chi connectivity index (χ3v) is 4.35. The summed E-state index contributed by atoms with van der Waals surface area (Å²) in [4.78, 5) is 18.6. The number of anilines is 1. The number of para-hydroxylation sites is 2. The first-order valence-corrected chi connectivity index (χ1v) is 7.71. The van der Waals surface area contributed by atoms with E-state index in [0.29, 0.717) is 0 Å². The summed E-state index contributed by atoms with van der Waals surface area (Å²) in [5.41, 5.74) is 1.12. The maximum atomic E-state index is 12.4. The Morgan fingerprint density at radius 2 is 1.57 bits per heavy atom. The minimum absolute atomic E-state index is 0.215. The number of amides is 2. The molecule has 0 bridgehead atoms. The number of methoxy groups -OCH3 is 1. The number of urea groups is 1. The molecule has 0 aromatic heterocycles. The fourth-order valence-electron chi connectivity index (χ4n) is 3.14. The Morgan fingerprint density at radius 1 is 0.952 bits per heavy atom. The first-order valence-electron chi connectivity index (χ1n) is 7.71. The van der Waals surface area contributed by atoms with Gasteiger partial charge in [-0.15, -0.1) is 0 Å². The zero-order chi connectivity index (χ0) is 14.7. The lowest BCUT2D eigenvalue weighted by atomic mass is 10.2. The van der Waals surface area contributed by atoms with E-state index in [1.54, 1.807) is 7.11 Å². The molecule has 0 radical (unpaired) electrons. The van der Waals surface area contributed by atoms with Gasteiger partial charge in [0.2, 0.25) is 0 Å². The number of hydrogen-bond donors (Lipinski definition) is 0. The Hall–Kier alpha value is -1.91. The number of benzene rings is 1. The molecule has 5 nitrogen and oxygen atoms in total. The Morgan fingerprint density at radius 3 is 2.24 bits per heavy atom. The summed E-state index contributed by atoms with van der Waals surface area (Å²) in [6.07, 6.45) is 2.29. The maximum Gasteiger partial charge on any atom is 0.320 e. The second-order valence-corrected chi connectivity index (χ2v) is 5.62. The lowest BCUT2D eigenvalue weighted by molar-refractivity contribution is 0.159. The highest BCUT2D eigenvalue weighted by atomic mass is 16.5. The van der Waals surface area contributed by atoms with E-state index in [0.717, 1.165) is 63.5 Å². The minimum Gasteiger partial charge on any atom is -0.495 e. The zero-order valence-electron chi connectivity index (χ0n) is 12.6. The molecular formula is C16H23N3O2. The van der Waals surface area contributed by atoms with Crippen molar-refractivity contribution in [2.45, 2.75) is 12.8 Å². The molecular weight excluding hydrogens is 266 g/mol. The van der Waals surface area contributed by atoms with Gasteiger partial charge in [-0.1, -0.05) is 12.1 Å². The molecule has 0 spiro atoms. The van der Waals surface area contributed by atoms with Gasteiger partial charge in [0.15, 0.2) is 0 Å². The van der Waals surface area contributed by atoms with Gasteiger partial charge in [-0.25, -0.2) is 4.79 Å². The number of hydrogen-bond acceptors (Lipinski definition) is 3. The van der Waals surface area contributed by atoms with Gasteiger partial charge in [-0.05, 0) is 25.0 Å². The van der Waals surface area contributed by atoms with Gasteiger partial charge < -0.3 is 19.4 Å². The molecule has 0 atom stereocenters. The number of nitrogens with zero attached hydrogens (tertiary/aromatic N) is 3. The van der Waals surface area contributed by atoms with E-state index in [9.17, 15) is 4.79 Å². The predicted molar refractivity (Wildman–Crippen MR) is 83.0 cm³/mol. The van der Waals surface area contributed by atoms with Crippen molar-refractivity contribution in [1.82, 2.24) is 9.80 Å². The monoisotopic (exact) mass is 289 g/mol. The molecule has 3 rings (SSSR count). The van der Waals surface area contributed by atoms with Gasteiger partial charge in [-0.2, -0.15) is 0 Å². The molecule has 2 aliphatic rings. The second-order valence-electron chi connectivity index (χ2n) is 5.62. The summed E-state index contributed by atoms with van der Waals surface area (Å²) in [6, 6.07) is 8.29. The molecule has 2 saturated heterocycles. The molecule has 0 unspecified atom stereocenters. The molecule has 0 saturated carbocycles. The standard InChI is InChI=1S/C16H23N3O2/c1-21-15-7-3-2-6-14(15)17-10-12-19(13-11-17)16(20)18-8-4-5-9-18/h2-3,6-7H,4-5,8-13H2,1H3. The van der Waals surface area contributed by atoms with Gasteiger partial charge in [0.05, 0.1) is 12.8 Å². The van der Waals surface area contributed by atoms with Crippen molar-refractivity contribution in [3.05, 3.63) is 24.3 Å². The molecule has 0 N–H and O–H groups in total. The van der Waals surface area contributed by atoms with Gasteiger partial charge in [0.1, 0.15) is 5.75 Å². The number of ether oxygens (including phenoxy) is 1. The Labute approximate surface area is 126 Å². The first-order chi connectivity index (χ1) is 10.3. The first kappa shape index (κ1) is 14.0. The molecule has 1 aromatic carbocycles. The zero-order valence-corrected chi connectivity index (χ0v) is 12.6. The van der Waals surface area contributed by atoms with Crippen LogP contribution in [-0.4, -0.2) is 62.2 Å². The number of likely N-dealkylation sites (tertiary alicyclic amines) is 1. The number of carbonyl (C=O) groups excluding carboxylic acids is 1. The molecule has 21 heavy (non-hydrogen) atoms. The van der Waals surface area contributed by atoms with Gasteiger partial charge in [0, 0.05) is 39.3 Å². The van der Waals surface area contributed by atoms with Crippen molar-refractivity contribution < 1.29 is 9.53 Å². The molecule has 2 fully saturated rings. The Kier molecular flexibility index (Phi) is 4.18. The van der Waals surface area contributed by atoms with E-state index in [1.807, 2.05) is 28.0 Å². The normalized spacial score (nSPS) is 19.0. The molecule has 2 heterocycles. The molecule has 2 amide bonds. The SMILES string of the molecule is COc1ccccc1N1CCN(C(=O)N2CCCC2)CC1.